The van der Waals surface area contributed by atoms with Gasteiger partial charge in [-0.1, -0.05) is 13.8 Å². The van der Waals surface area contributed by atoms with Crippen molar-refractivity contribution in [3.63, 3.8) is 0 Å². The Hall–Kier alpha value is -0.590. The maximum atomic E-state index is 12.0. The first-order chi connectivity index (χ1) is 7.86. The molecule has 0 aliphatic carbocycles. The van der Waals surface area contributed by atoms with Gasteiger partial charge in [0.15, 0.2) is 0 Å². The van der Waals surface area contributed by atoms with Gasteiger partial charge in [0, 0.05) is 11.9 Å². The molecule has 0 aliphatic heterocycles. The van der Waals surface area contributed by atoms with Crippen LogP contribution in [-0.2, 0) is 10.0 Å². The Bertz CT molecular complexity index is 456. The van der Waals surface area contributed by atoms with E-state index in [1.54, 1.807) is 6.92 Å². The highest BCUT2D eigenvalue weighted by Gasteiger charge is 2.23. The second-order valence-corrected chi connectivity index (χ2v) is 6.45. The van der Waals surface area contributed by atoms with Crippen LogP contribution >= 0.6 is 11.6 Å². The molecule has 0 bridgehead atoms. The average molecular weight is 280 g/mol. The molecule has 1 atom stereocenters. The number of aromatic amines is 1. The van der Waals surface area contributed by atoms with E-state index in [9.17, 15) is 8.42 Å². The van der Waals surface area contributed by atoms with Crippen LogP contribution in [0.1, 0.15) is 26.0 Å². The third kappa shape index (κ3) is 3.97. The minimum absolute atomic E-state index is 0.177. The molecule has 1 unspecified atom stereocenters. The Morgan fingerprint density at radius 2 is 2.18 bits per heavy atom. The van der Waals surface area contributed by atoms with E-state index < -0.39 is 10.0 Å². The van der Waals surface area contributed by atoms with Crippen LogP contribution in [0.2, 0.25) is 0 Å². The topological polar surface area (TPSA) is 74.8 Å². The number of hydrogen-bond acceptors (Lipinski definition) is 3. The molecule has 1 aromatic rings. The van der Waals surface area contributed by atoms with Gasteiger partial charge in [0.25, 0.3) is 0 Å². The summed E-state index contributed by atoms with van der Waals surface area (Å²) in [6, 6.07) is -0.254. The molecule has 98 valence electrons. The second kappa shape index (κ2) is 5.84. The van der Waals surface area contributed by atoms with Gasteiger partial charge in [0.2, 0.25) is 10.0 Å². The van der Waals surface area contributed by atoms with Crippen LogP contribution in [0.25, 0.3) is 0 Å². The molecule has 0 radical (unpaired) electrons. The van der Waals surface area contributed by atoms with Crippen molar-refractivity contribution in [3.8, 4) is 0 Å². The van der Waals surface area contributed by atoms with E-state index in [2.05, 4.69) is 14.9 Å². The van der Waals surface area contributed by atoms with Gasteiger partial charge in [-0.2, -0.15) is 5.10 Å². The van der Waals surface area contributed by atoms with Crippen molar-refractivity contribution >= 4 is 21.6 Å². The monoisotopic (exact) mass is 279 g/mol. The van der Waals surface area contributed by atoms with Gasteiger partial charge < -0.3 is 0 Å². The highest BCUT2D eigenvalue weighted by Crippen LogP contribution is 2.14. The first-order valence-electron chi connectivity index (χ1n) is 5.45. The van der Waals surface area contributed by atoms with E-state index in [0.29, 0.717) is 18.0 Å². The van der Waals surface area contributed by atoms with Gasteiger partial charge in [-0.15, -0.1) is 11.6 Å². The molecule has 0 spiro atoms. The van der Waals surface area contributed by atoms with Crippen molar-refractivity contribution in [1.29, 1.82) is 0 Å². The van der Waals surface area contributed by atoms with E-state index in [-0.39, 0.29) is 16.8 Å². The van der Waals surface area contributed by atoms with Gasteiger partial charge >= 0.3 is 0 Å². The van der Waals surface area contributed by atoms with E-state index in [1.165, 1.54) is 6.20 Å². The first kappa shape index (κ1) is 14.5. The number of H-pyrrole nitrogens is 1. The van der Waals surface area contributed by atoms with E-state index in [4.69, 9.17) is 11.6 Å². The van der Waals surface area contributed by atoms with Crippen LogP contribution in [0.4, 0.5) is 0 Å². The van der Waals surface area contributed by atoms with Crippen LogP contribution in [0.5, 0.6) is 0 Å². The molecule has 1 rings (SSSR count). The smallest absolute Gasteiger partial charge is 0.244 e. The fourth-order valence-electron chi connectivity index (χ4n) is 1.61. The molecule has 0 aromatic carbocycles. The minimum Gasteiger partial charge on any atom is -0.281 e. The highest BCUT2D eigenvalue weighted by molar-refractivity contribution is 7.89. The molecular weight excluding hydrogens is 262 g/mol. The van der Waals surface area contributed by atoms with Crippen molar-refractivity contribution in [3.05, 3.63) is 11.9 Å². The summed E-state index contributed by atoms with van der Waals surface area (Å²) in [5, 5.41) is 6.31. The summed E-state index contributed by atoms with van der Waals surface area (Å²) >= 11 is 5.77. The zero-order chi connectivity index (χ0) is 13.1. The van der Waals surface area contributed by atoms with Gasteiger partial charge in [0.05, 0.1) is 11.9 Å². The fourth-order valence-corrected chi connectivity index (χ4v) is 3.29. The number of alkyl halides is 1. The van der Waals surface area contributed by atoms with E-state index in [0.717, 1.165) is 0 Å². The van der Waals surface area contributed by atoms with Crippen LogP contribution in [0.3, 0.4) is 0 Å². The van der Waals surface area contributed by atoms with Gasteiger partial charge in [-0.3, -0.25) is 5.10 Å². The summed E-state index contributed by atoms with van der Waals surface area (Å²) in [6.45, 7) is 5.72. The van der Waals surface area contributed by atoms with Crippen molar-refractivity contribution < 1.29 is 8.42 Å². The average Bonchev–Trinajstić information content (AvgIpc) is 2.63. The normalized spacial score (nSPS) is 14.2. The molecule has 1 aromatic heterocycles. The molecule has 7 heteroatoms. The Kier molecular flexibility index (Phi) is 4.97. The zero-order valence-electron chi connectivity index (χ0n) is 10.2. The lowest BCUT2D eigenvalue weighted by molar-refractivity contribution is 0.485. The lowest BCUT2D eigenvalue weighted by atomic mass is 10.1. The van der Waals surface area contributed by atoms with Gasteiger partial charge in [-0.25, -0.2) is 13.1 Å². The number of nitrogens with zero attached hydrogens (tertiary/aromatic N) is 1. The number of sulfonamides is 1. The van der Waals surface area contributed by atoms with Gasteiger partial charge in [0.1, 0.15) is 4.90 Å². The highest BCUT2D eigenvalue weighted by atomic mass is 35.5. The molecular formula is C10H18ClN3O2S. The largest absolute Gasteiger partial charge is 0.281 e. The van der Waals surface area contributed by atoms with E-state index in [1.807, 2.05) is 13.8 Å². The summed E-state index contributed by atoms with van der Waals surface area (Å²) in [5.41, 5.74) is 0.523. The molecule has 5 nitrogen and oxygen atoms in total. The third-order valence-corrected chi connectivity index (χ3v) is 4.34. The molecule has 0 saturated carbocycles. The summed E-state index contributed by atoms with van der Waals surface area (Å²) in [5.74, 6) is 0.640. The Balaban J connectivity index is 2.82. The molecule has 1 heterocycles. The zero-order valence-corrected chi connectivity index (χ0v) is 11.8. The third-order valence-electron chi connectivity index (χ3n) is 2.34. The number of nitrogens with one attached hydrogen (secondary N) is 2. The Morgan fingerprint density at radius 3 is 2.59 bits per heavy atom. The molecule has 0 amide bonds. The minimum atomic E-state index is -3.53. The van der Waals surface area contributed by atoms with Crippen molar-refractivity contribution in [2.75, 3.05) is 5.88 Å². The first-order valence-corrected chi connectivity index (χ1v) is 7.47. The predicted octanol–water partition coefficient (Wildman–Crippen LogP) is 1.65. The number of aromatic nitrogens is 2. The lowest BCUT2D eigenvalue weighted by Crippen LogP contribution is -2.37. The standard InChI is InChI=1S/C10H18ClN3O2S/c1-7(2)4-9(5-11)14-17(15,16)10-6-12-13-8(10)3/h6-7,9,14H,4-5H2,1-3H3,(H,12,13). The Labute approximate surface area is 107 Å². The van der Waals surface area contributed by atoms with Crippen LogP contribution in [-0.4, -0.2) is 30.5 Å². The fraction of sp³-hybridized carbons (Fsp3) is 0.700. The van der Waals surface area contributed by atoms with Crippen molar-refractivity contribution in [2.24, 2.45) is 5.92 Å². The number of hydrogen-bond donors (Lipinski definition) is 2. The molecule has 0 fully saturated rings. The van der Waals surface area contributed by atoms with Crippen LogP contribution in [0.15, 0.2) is 11.1 Å². The summed E-state index contributed by atoms with van der Waals surface area (Å²) in [6.07, 6.45) is 2.01. The Morgan fingerprint density at radius 1 is 1.53 bits per heavy atom. The lowest BCUT2D eigenvalue weighted by Gasteiger charge is -2.17. The quantitative estimate of drug-likeness (QED) is 0.778. The molecule has 17 heavy (non-hydrogen) atoms. The molecule has 0 aliphatic rings. The summed E-state index contributed by atoms with van der Waals surface area (Å²) in [4.78, 5) is 0.177. The van der Waals surface area contributed by atoms with Crippen molar-refractivity contribution in [2.45, 2.75) is 38.1 Å². The number of rotatable bonds is 6. The SMILES string of the molecule is Cc1[nH]ncc1S(=O)(=O)NC(CCl)CC(C)C. The molecule has 2 N–H and O–H groups in total. The van der Waals surface area contributed by atoms with Crippen LogP contribution < -0.4 is 4.72 Å². The molecule has 0 saturated heterocycles. The maximum absolute atomic E-state index is 12.0. The van der Waals surface area contributed by atoms with E-state index >= 15 is 0 Å². The predicted molar refractivity (Wildman–Crippen MR) is 67.6 cm³/mol. The maximum Gasteiger partial charge on any atom is 0.244 e. The summed E-state index contributed by atoms with van der Waals surface area (Å²) in [7, 11) is -3.53. The summed E-state index contributed by atoms with van der Waals surface area (Å²) < 4.78 is 26.7. The number of aryl methyl sites for hydroxylation is 1. The second-order valence-electron chi connectivity index (χ2n) is 4.46. The van der Waals surface area contributed by atoms with Crippen molar-refractivity contribution in [1.82, 2.24) is 14.9 Å². The van der Waals surface area contributed by atoms with Crippen LogP contribution in [0, 0.1) is 12.8 Å². The van der Waals surface area contributed by atoms with Gasteiger partial charge in [-0.05, 0) is 19.3 Å². The number of halogens is 1.